The number of nitrogens with zero attached hydrogens (tertiary/aromatic N) is 3. The molecular weight excluding hydrogens is 266 g/mol. The lowest BCUT2D eigenvalue weighted by Gasteiger charge is -2.01. The molecule has 104 valence electrons. The van der Waals surface area contributed by atoms with Gasteiger partial charge in [-0.05, 0) is 13.0 Å². The number of benzene rings is 1. The average molecular weight is 277 g/mol. The second-order valence-corrected chi connectivity index (χ2v) is 4.10. The van der Waals surface area contributed by atoms with Gasteiger partial charge in [-0.15, -0.1) is 10.2 Å². The lowest BCUT2D eigenvalue weighted by Crippen LogP contribution is -1.97. The second kappa shape index (κ2) is 5.47. The van der Waals surface area contributed by atoms with E-state index in [0.717, 1.165) is 0 Å². The number of nitro groups is 1. The molecule has 0 unspecified atom stereocenters. The smallest absolute Gasteiger partial charge is 0.303 e. The van der Waals surface area contributed by atoms with E-state index >= 15 is 0 Å². The summed E-state index contributed by atoms with van der Waals surface area (Å²) in [7, 11) is 0. The number of aromatic nitrogens is 2. The Morgan fingerprint density at radius 3 is 2.85 bits per heavy atom. The maximum atomic E-state index is 10.9. The van der Waals surface area contributed by atoms with Crippen LogP contribution in [-0.4, -0.2) is 26.2 Å². The van der Waals surface area contributed by atoms with Crippen LogP contribution in [0.5, 0.6) is 0 Å². The van der Waals surface area contributed by atoms with Crippen LogP contribution in [0.15, 0.2) is 22.6 Å². The Labute approximate surface area is 113 Å². The van der Waals surface area contributed by atoms with E-state index in [9.17, 15) is 14.9 Å². The van der Waals surface area contributed by atoms with Gasteiger partial charge in [0, 0.05) is 23.6 Å². The number of hydrogen-bond donors (Lipinski definition) is 1. The van der Waals surface area contributed by atoms with Gasteiger partial charge in [0.15, 0.2) is 0 Å². The van der Waals surface area contributed by atoms with Crippen LogP contribution in [0.2, 0.25) is 0 Å². The van der Waals surface area contributed by atoms with Gasteiger partial charge in [-0.3, -0.25) is 14.9 Å². The normalized spacial score (nSPS) is 10.4. The first-order chi connectivity index (χ1) is 9.49. The minimum absolute atomic E-state index is 0.0345. The molecule has 0 radical (unpaired) electrons. The van der Waals surface area contributed by atoms with E-state index in [0.29, 0.717) is 11.1 Å². The van der Waals surface area contributed by atoms with Crippen LogP contribution in [0, 0.1) is 17.0 Å². The number of aliphatic carboxylic acids is 1. The molecule has 0 aliphatic carbocycles. The zero-order valence-electron chi connectivity index (χ0n) is 10.6. The summed E-state index contributed by atoms with van der Waals surface area (Å²) in [5, 5.41) is 27.0. The molecule has 8 nitrogen and oxygen atoms in total. The van der Waals surface area contributed by atoms with E-state index in [4.69, 9.17) is 9.52 Å². The van der Waals surface area contributed by atoms with Gasteiger partial charge in [-0.1, -0.05) is 6.07 Å². The van der Waals surface area contributed by atoms with E-state index in [1.165, 1.54) is 12.1 Å². The zero-order chi connectivity index (χ0) is 14.7. The highest BCUT2D eigenvalue weighted by Crippen LogP contribution is 2.28. The quantitative estimate of drug-likeness (QED) is 0.655. The molecule has 1 aromatic heterocycles. The van der Waals surface area contributed by atoms with Crippen molar-refractivity contribution in [3.05, 3.63) is 39.8 Å². The highest BCUT2D eigenvalue weighted by molar-refractivity contribution is 5.67. The first-order valence-corrected chi connectivity index (χ1v) is 5.77. The molecule has 2 aromatic rings. The van der Waals surface area contributed by atoms with Crippen molar-refractivity contribution in [2.24, 2.45) is 0 Å². The summed E-state index contributed by atoms with van der Waals surface area (Å²) in [6.45, 7) is 1.59. The first-order valence-electron chi connectivity index (χ1n) is 5.77. The molecule has 0 fully saturated rings. The summed E-state index contributed by atoms with van der Waals surface area (Å²) in [5.74, 6) is -0.629. The molecule has 0 atom stereocenters. The molecule has 0 spiro atoms. The standard InChI is InChI=1S/C12H11N3O5/c1-7-8(3-2-4-9(7)15(18)19)12-14-13-10(20-12)5-6-11(16)17/h2-4H,5-6H2,1H3,(H,16,17). The van der Waals surface area contributed by atoms with Gasteiger partial charge in [0.05, 0.1) is 11.3 Å². The molecule has 0 aliphatic rings. The highest BCUT2D eigenvalue weighted by Gasteiger charge is 2.18. The summed E-state index contributed by atoms with van der Waals surface area (Å²) >= 11 is 0. The molecule has 2 rings (SSSR count). The van der Waals surface area contributed by atoms with Crippen molar-refractivity contribution < 1.29 is 19.2 Å². The van der Waals surface area contributed by atoms with Crippen LogP contribution >= 0.6 is 0 Å². The SMILES string of the molecule is Cc1c(-c2nnc(CCC(=O)O)o2)cccc1[N+](=O)[O-]. The van der Waals surface area contributed by atoms with Crippen LogP contribution in [0.3, 0.4) is 0 Å². The molecule has 8 heteroatoms. The third-order valence-corrected chi connectivity index (χ3v) is 2.75. The van der Waals surface area contributed by atoms with Crippen molar-refractivity contribution >= 4 is 11.7 Å². The number of carbonyl (C=O) groups is 1. The number of nitro benzene ring substituents is 1. The predicted molar refractivity (Wildman–Crippen MR) is 67.1 cm³/mol. The maximum absolute atomic E-state index is 10.9. The predicted octanol–water partition coefficient (Wildman–Crippen LogP) is 1.97. The van der Waals surface area contributed by atoms with Crippen molar-refractivity contribution in [1.82, 2.24) is 10.2 Å². The summed E-state index contributed by atoms with van der Waals surface area (Å²) in [6, 6.07) is 4.55. The number of carboxylic acid groups (broad SMARTS) is 1. The molecule has 0 saturated carbocycles. The lowest BCUT2D eigenvalue weighted by molar-refractivity contribution is -0.385. The van der Waals surface area contributed by atoms with Gasteiger partial charge in [0.1, 0.15) is 0 Å². The summed E-state index contributed by atoms with van der Waals surface area (Å²) in [5.41, 5.74) is 0.854. The largest absolute Gasteiger partial charge is 0.481 e. The molecule has 1 N–H and O–H groups in total. The van der Waals surface area contributed by atoms with Gasteiger partial charge in [0.25, 0.3) is 5.69 Å². The van der Waals surface area contributed by atoms with Crippen molar-refractivity contribution in [3.63, 3.8) is 0 Å². The molecule has 1 heterocycles. The minimum Gasteiger partial charge on any atom is -0.481 e. The number of hydrogen-bond acceptors (Lipinski definition) is 6. The third-order valence-electron chi connectivity index (χ3n) is 2.75. The lowest BCUT2D eigenvalue weighted by atomic mass is 10.1. The van der Waals surface area contributed by atoms with Crippen LogP contribution in [0.25, 0.3) is 11.5 Å². The third kappa shape index (κ3) is 2.79. The molecular formula is C12H11N3O5. The van der Waals surface area contributed by atoms with Crippen LogP contribution in [0.4, 0.5) is 5.69 Å². The monoisotopic (exact) mass is 277 g/mol. The Bertz CT molecular complexity index is 665. The van der Waals surface area contributed by atoms with Gasteiger partial charge in [-0.25, -0.2) is 0 Å². The second-order valence-electron chi connectivity index (χ2n) is 4.10. The number of rotatable bonds is 5. The molecule has 0 aliphatic heterocycles. The van der Waals surface area contributed by atoms with Gasteiger partial charge >= 0.3 is 5.97 Å². The fourth-order valence-corrected chi connectivity index (χ4v) is 1.73. The molecule has 1 aromatic carbocycles. The zero-order valence-corrected chi connectivity index (χ0v) is 10.6. The van der Waals surface area contributed by atoms with Crippen molar-refractivity contribution in [2.45, 2.75) is 19.8 Å². The van der Waals surface area contributed by atoms with E-state index in [2.05, 4.69) is 10.2 Å². The van der Waals surface area contributed by atoms with Crippen LogP contribution < -0.4 is 0 Å². The summed E-state index contributed by atoms with van der Waals surface area (Å²) in [6.07, 6.45) is 0.00581. The van der Waals surface area contributed by atoms with Crippen molar-refractivity contribution in [2.75, 3.05) is 0 Å². The average Bonchev–Trinajstić information content (AvgIpc) is 2.85. The molecule has 0 saturated heterocycles. The van der Waals surface area contributed by atoms with Crippen LogP contribution in [-0.2, 0) is 11.2 Å². The van der Waals surface area contributed by atoms with Crippen molar-refractivity contribution in [3.8, 4) is 11.5 Å². The van der Waals surface area contributed by atoms with E-state index in [-0.39, 0.29) is 30.3 Å². The maximum Gasteiger partial charge on any atom is 0.303 e. The highest BCUT2D eigenvalue weighted by atomic mass is 16.6. The minimum atomic E-state index is -0.962. The Kier molecular flexibility index (Phi) is 3.74. The topological polar surface area (TPSA) is 119 Å². The Morgan fingerprint density at radius 2 is 2.20 bits per heavy atom. The fraction of sp³-hybridized carbons (Fsp3) is 0.250. The summed E-state index contributed by atoms with van der Waals surface area (Å²) < 4.78 is 5.33. The van der Waals surface area contributed by atoms with Gasteiger partial charge < -0.3 is 9.52 Å². The van der Waals surface area contributed by atoms with Crippen LogP contribution in [0.1, 0.15) is 17.9 Å². The summed E-state index contributed by atoms with van der Waals surface area (Å²) in [4.78, 5) is 20.8. The van der Waals surface area contributed by atoms with E-state index in [1.807, 2.05) is 0 Å². The number of aryl methyl sites for hydroxylation is 1. The van der Waals surface area contributed by atoms with E-state index < -0.39 is 10.9 Å². The van der Waals surface area contributed by atoms with Crippen molar-refractivity contribution in [1.29, 1.82) is 0 Å². The number of carboxylic acids is 1. The molecule has 0 amide bonds. The fourth-order valence-electron chi connectivity index (χ4n) is 1.73. The molecule has 0 bridgehead atoms. The Morgan fingerprint density at radius 1 is 1.45 bits per heavy atom. The van der Waals surface area contributed by atoms with Gasteiger partial charge in [-0.2, -0.15) is 0 Å². The van der Waals surface area contributed by atoms with Gasteiger partial charge in [0.2, 0.25) is 11.8 Å². The first kappa shape index (κ1) is 13.7. The Hall–Kier alpha value is -2.77. The Balaban J connectivity index is 2.30. The molecule has 20 heavy (non-hydrogen) atoms. The van der Waals surface area contributed by atoms with E-state index in [1.54, 1.807) is 13.0 Å².